The van der Waals surface area contributed by atoms with Crippen molar-refractivity contribution < 1.29 is 9.90 Å². The molecule has 2 saturated heterocycles. The molecule has 31 heavy (non-hydrogen) atoms. The maximum atomic E-state index is 13.9. The Morgan fingerprint density at radius 1 is 0.871 bits per heavy atom. The van der Waals surface area contributed by atoms with Crippen LogP contribution >= 0.6 is 0 Å². The predicted molar refractivity (Wildman–Crippen MR) is 125 cm³/mol. The lowest BCUT2D eigenvalue weighted by molar-refractivity contribution is -0.143. The summed E-state index contributed by atoms with van der Waals surface area (Å²) < 4.78 is 0. The summed E-state index contributed by atoms with van der Waals surface area (Å²) in [4.78, 5) is 18.6. The van der Waals surface area contributed by atoms with Gasteiger partial charge in [0.25, 0.3) is 0 Å². The van der Waals surface area contributed by atoms with E-state index in [2.05, 4.69) is 40.1 Å². The maximum Gasteiger partial charge on any atom is 0.233 e. The van der Waals surface area contributed by atoms with Crippen molar-refractivity contribution in [1.82, 2.24) is 9.80 Å². The van der Waals surface area contributed by atoms with Gasteiger partial charge in [0.15, 0.2) is 0 Å². The minimum atomic E-state index is -0.927. The van der Waals surface area contributed by atoms with Gasteiger partial charge in [0, 0.05) is 19.1 Å². The van der Waals surface area contributed by atoms with E-state index in [4.69, 9.17) is 0 Å². The molecule has 5 rings (SSSR count). The lowest BCUT2D eigenvalue weighted by Crippen LogP contribution is -2.52. The molecular weight excluding hydrogens is 384 g/mol. The van der Waals surface area contributed by atoms with Crippen LogP contribution in [0.5, 0.6) is 0 Å². The lowest BCUT2D eigenvalue weighted by Gasteiger charge is -2.43. The molecule has 1 N–H and O–H groups in total. The summed E-state index contributed by atoms with van der Waals surface area (Å²) in [6, 6.07) is 15.3. The number of piperidine rings is 1. The number of nitrogens with zero attached hydrogens (tertiary/aromatic N) is 2. The van der Waals surface area contributed by atoms with E-state index < -0.39 is 11.5 Å². The van der Waals surface area contributed by atoms with Gasteiger partial charge in [-0.05, 0) is 68.0 Å². The minimum absolute atomic E-state index is 0.138. The fourth-order valence-electron chi connectivity index (χ4n) is 6.26. The third-order valence-corrected chi connectivity index (χ3v) is 8.04. The van der Waals surface area contributed by atoms with Gasteiger partial charge in [-0.2, -0.15) is 0 Å². The highest BCUT2D eigenvalue weighted by atomic mass is 16.3. The van der Waals surface area contributed by atoms with Crippen LogP contribution in [0.4, 0.5) is 0 Å². The van der Waals surface area contributed by atoms with Crippen LogP contribution in [0.3, 0.4) is 0 Å². The van der Waals surface area contributed by atoms with Crippen LogP contribution in [0.25, 0.3) is 10.8 Å². The minimum Gasteiger partial charge on any atom is -0.389 e. The average Bonchev–Trinajstić information content (AvgIpc) is 3.34. The number of rotatable bonds is 4. The first kappa shape index (κ1) is 21.0. The Kier molecular flexibility index (Phi) is 6.03. The highest BCUT2D eigenvalue weighted by Gasteiger charge is 2.45. The summed E-state index contributed by atoms with van der Waals surface area (Å²) in [6.45, 7) is 4.08. The summed E-state index contributed by atoms with van der Waals surface area (Å²) in [6.07, 6.45) is 9.37. The van der Waals surface area contributed by atoms with E-state index in [9.17, 15) is 9.90 Å². The summed E-state index contributed by atoms with van der Waals surface area (Å²) in [5, 5.41) is 14.1. The maximum absolute atomic E-state index is 13.9. The van der Waals surface area contributed by atoms with Crippen LogP contribution in [0, 0.1) is 0 Å². The van der Waals surface area contributed by atoms with Gasteiger partial charge in [-0.1, -0.05) is 61.7 Å². The Morgan fingerprint density at radius 2 is 1.55 bits per heavy atom. The summed E-state index contributed by atoms with van der Waals surface area (Å²) in [7, 11) is 0. The zero-order valence-corrected chi connectivity index (χ0v) is 18.6. The molecule has 2 aliphatic heterocycles. The second kappa shape index (κ2) is 8.91. The molecule has 3 aliphatic rings. The summed E-state index contributed by atoms with van der Waals surface area (Å²) in [5.74, 6) is -0.319. The van der Waals surface area contributed by atoms with E-state index in [1.54, 1.807) is 0 Å². The Labute approximate surface area is 186 Å². The van der Waals surface area contributed by atoms with Crippen molar-refractivity contribution in [2.75, 3.05) is 26.2 Å². The Bertz CT molecular complexity index is 906. The van der Waals surface area contributed by atoms with Crippen LogP contribution in [0.15, 0.2) is 42.5 Å². The Balaban J connectivity index is 1.40. The monoisotopic (exact) mass is 420 g/mol. The molecule has 0 bridgehead atoms. The molecule has 2 heterocycles. The second-order valence-corrected chi connectivity index (χ2v) is 10.0. The van der Waals surface area contributed by atoms with Crippen molar-refractivity contribution in [2.24, 2.45) is 0 Å². The molecule has 1 unspecified atom stereocenters. The number of amides is 1. The molecule has 0 spiro atoms. The molecule has 1 atom stereocenters. The van der Waals surface area contributed by atoms with Crippen molar-refractivity contribution in [2.45, 2.75) is 75.3 Å². The largest absolute Gasteiger partial charge is 0.389 e. The van der Waals surface area contributed by atoms with E-state index in [0.717, 1.165) is 69.0 Å². The van der Waals surface area contributed by atoms with Crippen molar-refractivity contribution in [1.29, 1.82) is 0 Å². The van der Waals surface area contributed by atoms with Crippen LogP contribution in [-0.2, 0) is 4.79 Å². The highest BCUT2D eigenvalue weighted by molar-refractivity contribution is 5.89. The van der Waals surface area contributed by atoms with Gasteiger partial charge >= 0.3 is 0 Å². The molecule has 0 aromatic heterocycles. The molecule has 4 heteroatoms. The molecular formula is C27H36N2O2. The smallest absolute Gasteiger partial charge is 0.233 e. The van der Waals surface area contributed by atoms with Crippen molar-refractivity contribution in [3.8, 4) is 0 Å². The second-order valence-electron chi connectivity index (χ2n) is 10.0. The number of aliphatic hydroxyl groups is 1. The van der Waals surface area contributed by atoms with Gasteiger partial charge in [0.2, 0.25) is 5.91 Å². The van der Waals surface area contributed by atoms with E-state index in [-0.39, 0.29) is 5.91 Å². The normalized spacial score (nSPS) is 23.8. The lowest BCUT2D eigenvalue weighted by atomic mass is 9.71. The van der Waals surface area contributed by atoms with Crippen molar-refractivity contribution >= 4 is 16.7 Å². The number of benzene rings is 2. The Hall–Kier alpha value is -1.91. The zero-order chi connectivity index (χ0) is 21.3. The molecule has 166 valence electrons. The number of carbonyl (C=O) groups is 1. The molecule has 4 nitrogen and oxygen atoms in total. The molecule has 1 aliphatic carbocycles. The van der Waals surface area contributed by atoms with Gasteiger partial charge in [0.05, 0.1) is 11.5 Å². The molecule has 2 aromatic rings. The third-order valence-electron chi connectivity index (χ3n) is 8.04. The first-order valence-corrected chi connectivity index (χ1v) is 12.4. The third kappa shape index (κ3) is 4.25. The van der Waals surface area contributed by atoms with Crippen LogP contribution in [-0.4, -0.2) is 58.6 Å². The molecule has 1 amide bonds. The number of fused-ring (bicyclic) bond motifs is 1. The molecule has 1 saturated carbocycles. The van der Waals surface area contributed by atoms with Gasteiger partial charge in [0.1, 0.15) is 0 Å². The topological polar surface area (TPSA) is 43.8 Å². The number of hydrogen-bond acceptors (Lipinski definition) is 3. The van der Waals surface area contributed by atoms with E-state index in [1.807, 2.05) is 12.1 Å². The van der Waals surface area contributed by atoms with E-state index in [0.29, 0.717) is 6.04 Å². The number of likely N-dealkylation sites (tertiary alicyclic amines) is 2. The molecule has 2 aromatic carbocycles. The zero-order valence-electron chi connectivity index (χ0n) is 18.6. The standard InChI is InChI=1S/C27H36N2O2/c30-26(29-18-12-24(13-19-29)28-16-6-7-17-28)25(27(31)14-4-1-5-15-27)23-11-10-21-8-2-3-9-22(21)20-23/h2-3,8-11,20,24-25,31H,1,4-7,12-19H2. The van der Waals surface area contributed by atoms with Gasteiger partial charge < -0.3 is 14.9 Å². The summed E-state index contributed by atoms with van der Waals surface area (Å²) >= 11 is 0. The molecule has 0 radical (unpaired) electrons. The van der Waals surface area contributed by atoms with Crippen molar-refractivity contribution in [3.63, 3.8) is 0 Å². The first-order chi connectivity index (χ1) is 15.1. The Morgan fingerprint density at radius 3 is 2.26 bits per heavy atom. The number of hydrogen-bond donors (Lipinski definition) is 1. The number of carbonyl (C=O) groups excluding carboxylic acids is 1. The van der Waals surface area contributed by atoms with Crippen LogP contribution in [0.1, 0.15) is 69.3 Å². The van der Waals surface area contributed by atoms with E-state index in [1.165, 1.54) is 31.3 Å². The van der Waals surface area contributed by atoms with Gasteiger partial charge in [-0.25, -0.2) is 0 Å². The fraction of sp³-hybridized carbons (Fsp3) is 0.593. The SMILES string of the molecule is O=C(C(c1ccc2ccccc2c1)C1(O)CCCCC1)N1CCC(N2CCCC2)CC1. The van der Waals surface area contributed by atoms with Crippen LogP contribution in [0.2, 0.25) is 0 Å². The summed E-state index contributed by atoms with van der Waals surface area (Å²) in [5.41, 5.74) is 0.0543. The highest BCUT2D eigenvalue weighted by Crippen LogP contribution is 2.42. The first-order valence-electron chi connectivity index (χ1n) is 12.4. The van der Waals surface area contributed by atoms with Crippen molar-refractivity contribution in [3.05, 3.63) is 48.0 Å². The quantitative estimate of drug-likeness (QED) is 0.779. The molecule has 3 fully saturated rings. The fourth-order valence-corrected chi connectivity index (χ4v) is 6.26. The average molecular weight is 421 g/mol. The predicted octanol–water partition coefficient (Wildman–Crippen LogP) is 4.71. The van der Waals surface area contributed by atoms with E-state index >= 15 is 0 Å². The van der Waals surface area contributed by atoms with Gasteiger partial charge in [-0.3, -0.25) is 4.79 Å². The van der Waals surface area contributed by atoms with Gasteiger partial charge in [-0.15, -0.1) is 0 Å². The van der Waals surface area contributed by atoms with Crippen LogP contribution < -0.4 is 0 Å².